The first-order valence-electron chi connectivity index (χ1n) is 7.08. The van der Waals surface area contributed by atoms with Gasteiger partial charge in [0.1, 0.15) is 5.75 Å². The zero-order valence-corrected chi connectivity index (χ0v) is 14.7. The van der Waals surface area contributed by atoms with Crippen LogP contribution in [0, 0.1) is 5.41 Å². The molecule has 116 valence electrons. The summed E-state index contributed by atoms with van der Waals surface area (Å²) in [7, 11) is 0. The molecule has 1 aliphatic rings. The lowest BCUT2D eigenvalue weighted by Gasteiger charge is -2.34. The fourth-order valence-electron chi connectivity index (χ4n) is 2.07. The number of ether oxygens (including phenoxy) is 3. The first-order chi connectivity index (χ1) is 9.72. The lowest BCUT2D eigenvalue weighted by atomic mass is 9.95. The molecular weight excluding hydrogens is 332 g/mol. The Morgan fingerprint density at radius 1 is 1.43 bits per heavy atom. The molecule has 0 fully saturated rings. The Bertz CT molecular complexity index is 535. The Balaban J connectivity index is 2.16. The van der Waals surface area contributed by atoms with E-state index in [4.69, 9.17) is 14.2 Å². The second-order valence-corrected chi connectivity index (χ2v) is 7.44. The maximum atomic E-state index is 5.97. The second-order valence-electron chi connectivity index (χ2n) is 6.53. The van der Waals surface area contributed by atoms with E-state index in [0.717, 1.165) is 21.3 Å². The lowest BCUT2D eigenvalue weighted by molar-refractivity contribution is -0.180. The Kier molecular flexibility index (Phi) is 4.81. The van der Waals surface area contributed by atoms with E-state index in [1.807, 2.05) is 32.1 Å². The van der Waals surface area contributed by atoms with Crippen LogP contribution in [0.4, 0.5) is 0 Å². The lowest BCUT2D eigenvalue weighted by Crippen LogP contribution is -2.36. The third kappa shape index (κ3) is 4.31. The highest BCUT2D eigenvalue weighted by Crippen LogP contribution is 2.37. The predicted molar refractivity (Wildman–Crippen MR) is 87.3 cm³/mol. The average molecular weight is 355 g/mol. The normalized spacial score (nSPS) is 17.0. The Labute approximate surface area is 135 Å². The summed E-state index contributed by atoms with van der Waals surface area (Å²) in [5, 5.41) is 0. The fourth-order valence-corrected chi connectivity index (χ4v) is 2.62. The molecule has 4 heteroatoms. The van der Waals surface area contributed by atoms with Crippen LogP contribution in [0.3, 0.4) is 0 Å². The van der Waals surface area contributed by atoms with Crippen molar-refractivity contribution in [3.05, 3.63) is 40.4 Å². The molecule has 1 aromatic carbocycles. The molecule has 0 unspecified atom stereocenters. The molecule has 0 amide bonds. The first-order valence-corrected chi connectivity index (χ1v) is 7.87. The third-order valence-electron chi connectivity index (χ3n) is 3.41. The van der Waals surface area contributed by atoms with Gasteiger partial charge in [-0.1, -0.05) is 35.9 Å². The summed E-state index contributed by atoms with van der Waals surface area (Å²) < 4.78 is 18.5. The van der Waals surface area contributed by atoms with Gasteiger partial charge >= 0.3 is 0 Å². The molecule has 0 atom stereocenters. The third-order valence-corrected chi connectivity index (χ3v) is 3.87. The van der Waals surface area contributed by atoms with Crippen molar-refractivity contribution in [1.29, 1.82) is 0 Å². The molecule has 0 saturated carbocycles. The first kappa shape index (κ1) is 16.5. The second kappa shape index (κ2) is 6.11. The standard InChI is InChI=1S/C17H23BrO3/c1-6-16(2,3)11-19-9-12-7-14(18)8-13-10-20-17(4,5)21-15(12)13/h6-8H,1,9-11H2,2-5H3. The van der Waals surface area contributed by atoms with Crippen LogP contribution in [0.5, 0.6) is 5.75 Å². The molecule has 1 aromatic rings. The molecule has 0 spiro atoms. The van der Waals surface area contributed by atoms with Gasteiger partial charge in [-0.15, -0.1) is 6.58 Å². The van der Waals surface area contributed by atoms with Crippen LogP contribution in [0.15, 0.2) is 29.3 Å². The quantitative estimate of drug-likeness (QED) is 0.709. The van der Waals surface area contributed by atoms with Gasteiger partial charge in [0, 0.05) is 34.9 Å². The summed E-state index contributed by atoms with van der Waals surface area (Å²) in [5.74, 6) is 0.279. The minimum Gasteiger partial charge on any atom is -0.462 e. The van der Waals surface area contributed by atoms with Crippen molar-refractivity contribution >= 4 is 15.9 Å². The van der Waals surface area contributed by atoms with Crippen LogP contribution in [-0.4, -0.2) is 12.4 Å². The van der Waals surface area contributed by atoms with Crippen molar-refractivity contribution < 1.29 is 14.2 Å². The average Bonchev–Trinajstić information content (AvgIpc) is 2.39. The van der Waals surface area contributed by atoms with Gasteiger partial charge in [-0.25, -0.2) is 0 Å². The molecule has 3 nitrogen and oxygen atoms in total. The van der Waals surface area contributed by atoms with E-state index in [1.54, 1.807) is 0 Å². The zero-order chi connectivity index (χ0) is 15.7. The number of benzene rings is 1. The Hall–Kier alpha value is -0.840. The molecule has 21 heavy (non-hydrogen) atoms. The van der Waals surface area contributed by atoms with E-state index in [9.17, 15) is 0 Å². The van der Waals surface area contributed by atoms with Gasteiger partial charge in [0.15, 0.2) is 0 Å². The maximum Gasteiger partial charge on any atom is 0.205 e. The molecule has 0 saturated heterocycles. The highest BCUT2D eigenvalue weighted by Gasteiger charge is 2.29. The summed E-state index contributed by atoms with van der Waals surface area (Å²) in [6, 6.07) is 4.07. The van der Waals surface area contributed by atoms with E-state index < -0.39 is 5.79 Å². The zero-order valence-electron chi connectivity index (χ0n) is 13.2. The van der Waals surface area contributed by atoms with Gasteiger partial charge < -0.3 is 14.2 Å². The maximum absolute atomic E-state index is 5.97. The van der Waals surface area contributed by atoms with Gasteiger partial charge in [0.25, 0.3) is 0 Å². The van der Waals surface area contributed by atoms with Gasteiger partial charge in [-0.2, -0.15) is 0 Å². The SMILES string of the molecule is C=CC(C)(C)COCc1cc(Br)cc2c1OC(C)(C)OC2. The van der Waals surface area contributed by atoms with Crippen LogP contribution < -0.4 is 4.74 Å². The van der Waals surface area contributed by atoms with Crippen molar-refractivity contribution in [1.82, 2.24) is 0 Å². The molecule has 1 heterocycles. The molecule has 0 aromatic heterocycles. The minimum atomic E-state index is -0.601. The summed E-state index contributed by atoms with van der Waals surface area (Å²) in [5.41, 5.74) is 2.05. The number of fused-ring (bicyclic) bond motifs is 1. The van der Waals surface area contributed by atoms with Crippen LogP contribution in [0.1, 0.15) is 38.8 Å². The van der Waals surface area contributed by atoms with Gasteiger partial charge in [0.05, 0.1) is 19.8 Å². The van der Waals surface area contributed by atoms with Crippen molar-refractivity contribution in [2.24, 2.45) is 5.41 Å². The molecule has 1 aliphatic heterocycles. The van der Waals surface area contributed by atoms with Gasteiger partial charge in [-0.05, 0) is 12.1 Å². The summed E-state index contributed by atoms with van der Waals surface area (Å²) in [4.78, 5) is 0. The summed E-state index contributed by atoms with van der Waals surface area (Å²) >= 11 is 3.53. The summed E-state index contributed by atoms with van der Waals surface area (Å²) in [6.45, 7) is 13.6. The van der Waals surface area contributed by atoms with Crippen LogP contribution in [0.25, 0.3) is 0 Å². The monoisotopic (exact) mass is 354 g/mol. The summed E-state index contributed by atoms with van der Waals surface area (Å²) in [6.07, 6.45) is 1.91. The molecule has 0 aliphatic carbocycles. The number of rotatable bonds is 5. The molecule has 0 N–H and O–H groups in total. The van der Waals surface area contributed by atoms with Crippen LogP contribution >= 0.6 is 15.9 Å². The van der Waals surface area contributed by atoms with Crippen molar-refractivity contribution in [3.8, 4) is 5.75 Å². The van der Waals surface area contributed by atoms with Gasteiger partial charge in [-0.3, -0.25) is 0 Å². The number of hydrogen-bond acceptors (Lipinski definition) is 3. The van der Waals surface area contributed by atoms with E-state index in [-0.39, 0.29) is 5.41 Å². The molecule has 2 rings (SSSR count). The van der Waals surface area contributed by atoms with Crippen molar-refractivity contribution in [2.45, 2.75) is 46.7 Å². The number of hydrogen-bond donors (Lipinski definition) is 0. The number of halogens is 1. The smallest absolute Gasteiger partial charge is 0.205 e. The van der Waals surface area contributed by atoms with Gasteiger partial charge in [0.2, 0.25) is 5.79 Å². The topological polar surface area (TPSA) is 27.7 Å². The Morgan fingerprint density at radius 3 is 2.81 bits per heavy atom. The fraction of sp³-hybridized carbons (Fsp3) is 0.529. The molecule has 0 radical (unpaired) electrons. The Morgan fingerprint density at radius 2 is 2.14 bits per heavy atom. The van der Waals surface area contributed by atoms with Crippen molar-refractivity contribution in [2.75, 3.05) is 6.61 Å². The van der Waals surface area contributed by atoms with E-state index in [1.165, 1.54) is 0 Å². The predicted octanol–water partition coefficient (Wildman–Crippen LogP) is 4.82. The van der Waals surface area contributed by atoms with Crippen LogP contribution in [-0.2, 0) is 22.7 Å². The van der Waals surface area contributed by atoms with E-state index in [2.05, 4.69) is 36.4 Å². The van der Waals surface area contributed by atoms with Crippen LogP contribution in [0.2, 0.25) is 0 Å². The molecular formula is C17H23BrO3. The van der Waals surface area contributed by atoms with Crippen molar-refractivity contribution in [3.63, 3.8) is 0 Å². The molecule has 0 bridgehead atoms. The van der Waals surface area contributed by atoms with E-state index >= 15 is 0 Å². The van der Waals surface area contributed by atoms with E-state index in [0.29, 0.717) is 19.8 Å². The largest absolute Gasteiger partial charge is 0.462 e. The minimum absolute atomic E-state index is 0.0324. The highest BCUT2D eigenvalue weighted by atomic mass is 79.9. The highest BCUT2D eigenvalue weighted by molar-refractivity contribution is 9.10.